The summed E-state index contributed by atoms with van der Waals surface area (Å²) in [6.45, 7) is 8.30. The summed E-state index contributed by atoms with van der Waals surface area (Å²) < 4.78 is 0. The fourth-order valence-electron chi connectivity index (χ4n) is 1.27. The molecule has 0 aliphatic heterocycles. The molecule has 0 aliphatic carbocycles. The molecule has 17 heavy (non-hydrogen) atoms. The summed E-state index contributed by atoms with van der Waals surface area (Å²) >= 11 is 5.89. The number of anilines is 1. The van der Waals surface area contributed by atoms with E-state index in [1.54, 1.807) is 12.1 Å². The minimum atomic E-state index is -0.953. The molecule has 1 aromatic rings. The van der Waals surface area contributed by atoms with E-state index in [0.29, 0.717) is 10.7 Å². The summed E-state index contributed by atoms with van der Waals surface area (Å²) in [5.41, 5.74) is 0.843. The normalized spacial score (nSPS) is 13.2. The highest BCUT2D eigenvalue weighted by molar-refractivity contribution is 6.31. The van der Waals surface area contributed by atoms with Crippen LogP contribution in [0.25, 0.3) is 0 Å². The van der Waals surface area contributed by atoms with E-state index >= 15 is 0 Å². The fourth-order valence-corrected chi connectivity index (χ4v) is 1.44. The lowest BCUT2D eigenvalue weighted by Crippen LogP contribution is -2.31. The lowest BCUT2D eigenvalue weighted by Gasteiger charge is -2.29. The molecule has 94 valence electrons. The lowest BCUT2D eigenvalue weighted by molar-refractivity contribution is 0.0698. The fraction of sp³-hybridized carbons (Fsp3) is 0.462. The molecular formula is C13H18ClNO2. The number of carboxylic acid groups (broad SMARTS) is 1. The molecule has 0 amide bonds. The highest BCUT2D eigenvalue weighted by Gasteiger charge is 2.21. The van der Waals surface area contributed by atoms with Crippen LogP contribution in [0.2, 0.25) is 5.02 Å². The van der Waals surface area contributed by atoms with Crippen LogP contribution in [0, 0.1) is 5.41 Å². The van der Waals surface area contributed by atoms with Crippen LogP contribution in [0.4, 0.5) is 5.69 Å². The minimum absolute atomic E-state index is 0.0398. The Labute approximate surface area is 107 Å². The van der Waals surface area contributed by atoms with Crippen molar-refractivity contribution in [2.45, 2.75) is 33.7 Å². The van der Waals surface area contributed by atoms with Gasteiger partial charge in [-0.15, -0.1) is 0 Å². The van der Waals surface area contributed by atoms with Crippen LogP contribution in [0.5, 0.6) is 0 Å². The number of nitrogens with one attached hydrogen (secondary N) is 1. The zero-order valence-electron chi connectivity index (χ0n) is 10.5. The number of carboxylic acids is 1. The summed E-state index contributed by atoms with van der Waals surface area (Å²) in [5, 5.41) is 12.8. The molecule has 0 radical (unpaired) electrons. The second-order valence-corrected chi connectivity index (χ2v) is 5.66. The Kier molecular flexibility index (Phi) is 4.04. The number of halogens is 1. The van der Waals surface area contributed by atoms with Crippen LogP contribution in [-0.2, 0) is 0 Å². The van der Waals surface area contributed by atoms with Crippen molar-refractivity contribution < 1.29 is 9.90 Å². The monoisotopic (exact) mass is 255 g/mol. The van der Waals surface area contributed by atoms with Gasteiger partial charge in [-0.2, -0.15) is 0 Å². The molecule has 0 saturated heterocycles. The van der Waals surface area contributed by atoms with Gasteiger partial charge in [-0.25, -0.2) is 4.79 Å². The zero-order valence-corrected chi connectivity index (χ0v) is 11.3. The van der Waals surface area contributed by atoms with E-state index in [1.165, 1.54) is 6.07 Å². The second kappa shape index (κ2) is 4.96. The van der Waals surface area contributed by atoms with Crippen LogP contribution >= 0.6 is 11.6 Å². The van der Waals surface area contributed by atoms with Gasteiger partial charge in [0.1, 0.15) is 0 Å². The summed E-state index contributed by atoms with van der Waals surface area (Å²) in [6.07, 6.45) is 0. The average Bonchev–Trinajstić information content (AvgIpc) is 2.15. The average molecular weight is 256 g/mol. The van der Waals surface area contributed by atoms with Crippen LogP contribution in [0.15, 0.2) is 18.2 Å². The van der Waals surface area contributed by atoms with E-state index < -0.39 is 5.97 Å². The first-order chi connectivity index (χ1) is 7.71. The van der Waals surface area contributed by atoms with E-state index in [-0.39, 0.29) is 17.0 Å². The highest BCUT2D eigenvalue weighted by atomic mass is 35.5. The Hall–Kier alpha value is -1.22. The van der Waals surface area contributed by atoms with Gasteiger partial charge in [0.2, 0.25) is 0 Å². The van der Waals surface area contributed by atoms with Crippen molar-refractivity contribution in [1.82, 2.24) is 0 Å². The van der Waals surface area contributed by atoms with Gasteiger partial charge in [0.25, 0.3) is 0 Å². The maximum Gasteiger partial charge on any atom is 0.337 e. The van der Waals surface area contributed by atoms with Crippen molar-refractivity contribution in [3.05, 3.63) is 28.8 Å². The van der Waals surface area contributed by atoms with Crippen LogP contribution in [0.1, 0.15) is 38.1 Å². The summed E-state index contributed by atoms with van der Waals surface area (Å²) in [5.74, 6) is -0.953. The molecule has 0 heterocycles. The van der Waals surface area contributed by atoms with Gasteiger partial charge in [0.05, 0.1) is 11.3 Å². The Morgan fingerprint density at radius 3 is 2.47 bits per heavy atom. The van der Waals surface area contributed by atoms with Crippen molar-refractivity contribution in [2.24, 2.45) is 5.41 Å². The van der Waals surface area contributed by atoms with Crippen molar-refractivity contribution in [1.29, 1.82) is 0 Å². The smallest absolute Gasteiger partial charge is 0.337 e. The molecule has 1 atom stereocenters. The third-order valence-electron chi connectivity index (χ3n) is 2.88. The number of carbonyl (C=O) groups is 1. The van der Waals surface area contributed by atoms with Gasteiger partial charge in [0.15, 0.2) is 0 Å². The summed E-state index contributed by atoms with van der Waals surface area (Å²) in [4.78, 5) is 11.1. The number of rotatable bonds is 3. The third kappa shape index (κ3) is 3.63. The largest absolute Gasteiger partial charge is 0.478 e. The number of benzene rings is 1. The highest BCUT2D eigenvalue weighted by Crippen LogP contribution is 2.27. The predicted octanol–water partition coefficient (Wildman–Crippen LogP) is 3.88. The van der Waals surface area contributed by atoms with E-state index in [9.17, 15) is 4.79 Å². The molecular weight excluding hydrogens is 238 g/mol. The summed E-state index contributed by atoms with van der Waals surface area (Å²) in [6, 6.07) is 4.88. The number of aromatic carboxylic acids is 1. The molecule has 2 N–H and O–H groups in total. The Balaban J connectivity index is 3.04. The Morgan fingerprint density at radius 2 is 2.00 bits per heavy atom. The van der Waals surface area contributed by atoms with Gasteiger partial charge in [-0.1, -0.05) is 32.4 Å². The van der Waals surface area contributed by atoms with E-state index in [1.807, 2.05) is 6.92 Å². The van der Waals surface area contributed by atoms with Gasteiger partial charge in [0, 0.05) is 11.1 Å². The molecule has 0 aromatic heterocycles. The molecule has 1 unspecified atom stereocenters. The number of hydrogen-bond acceptors (Lipinski definition) is 2. The molecule has 0 spiro atoms. The topological polar surface area (TPSA) is 49.3 Å². The summed E-state index contributed by atoms with van der Waals surface area (Å²) in [7, 11) is 0. The van der Waals surface area contributed by atoms with E-state index in [2.05, 4.69) is 26.1 Å². The quantitative estimate of drug-likeness (QED) is 0.862. The molecule has 3 nitrogen and oxygen atoms in total. The molecule has 0 aliphatic rings. The lowest BCUT2D eigenvalue weighted by atomic mass is 9.88. The van der Waals surface area contributed by atoms with E-state index in [0.717, 1.165) is 0 Å². The second-order valence-electron chi connectivity index (χ2n) is 5.23. The van der Waals surface area contributed by atoms with Crippen LogP contribution < -0.4 is 5.32 Å². The van der Waals surface area contributed by atoms with Crippen LogP contribution in [0.3, 0.4) is 0 Å². The van der Waals surface area contributed by atoms with Crippen molar-refractivity contribution in [3.63, 3.8) is 0 Å². The minimum Gasteiger partial charge on any atom is -0.478 e. The van der Waals surface area contributed by atoms with Crippen molar-refractivity contribution in [3.8, 4) is 0 Å². The SMILES string of the molecule is CC(Nc1cc(Cl)ccc1C(=O)O)C(C)(C)C. The maximum atomic E-state index is 11.1. The number of hydrogen-bond donors (Lipinski definition) is 2. The third-order valence-corrected chi connectivity index (χ3v) is 3.12. The molecule has 1 aromatic carbocycles. The first-order valence-corrected chi connectivity index (χ1v) is 5.89. The molecule has 0 bridgehead atoms. The molecule has 1 rings (SSSR count). The van der Waals surface area contributed by atoms with Crippen LogP contribution in [-0.4, -0.2) is 17.1 Å². The van der Waals surface area contributed by atoms with Gasteiger partial charge in [-0.05, 0) is 30.5 Å². The van der Waals surface area contributed by atoms with Gasteiger partial charge >= 0.3 is 5.97 Å². The molecule has 0 saturated carbocycles. The first-order valence-electron chi connectivity index (χ1n) is 5.51. The predicted molar refractivity (Wildman–Crippen MR) is 71.0 cm³/mol. The van der Waals surface area contributed by atoms with E-state index in [4.69, 9.17) is 16.7 Å². The standard InChI is InChI=1S/C13H18ClNO2/c1-8(13(2,3)4)15-11-7-9(14)5-6-10(11)12(16)17/h5-8,15H,1-4H3,(H,16,17). The first kappa shape index (κ1) is 13.8. The Bertz CT molecular complexity index is 424. The van der Waals surface area contributed by atoms with Gasteiger partial charge < -0.3 is 10.4 Å². The van der Waals surface area contributed by atoms with Crippen molar-refractivity contribution >= 4 is 23.3 Å². The molecule has 4 heteroatoms. The van der Waals surface area contributed by atoms with Gasteiger partial charge in [-0.3, -0.25) is 0 Å². The molecule has 0 fully saturated rings. The van der Waals surface area contributed by atoms with Crippen molar-refractivity contribution in [2.75, 3.05) is 5.32 Å². The Morgan fingerprint density at radius 1 is 1.41 bits per heavy atom. The zero-order chi connectivity index (χ0) is 13.2. The maximum absolute atomic E-state index is 11.1.